The van der Waals surface area contributed by atoms with Crippen LogP contribution in [0.15, 0.2) is 53.1 Å². The van der Waals surface area contributed by atoms with Gasteiger partial charge in [-0.3, -0.25) is 0 Å². The summed E-state index contributed by atoms with van der Waals surface area (Å²) in [6.07, 6.45) is 1.46. The second-order valence-corrected chi connectivity index (χ2v) is 6.55. The third-order valence-electron chi connectivity index (χ3n) is 4.87. The maximum atomic E-state index is 6.01. The van der Waals surface area contributed by atoms with E-state index in [2.05, 4.69) is 20.8 Å². The Morgan fingerprint density at radius 2 is 1.96 bits per heavy atom. The third-order valence-corrected chi connectivity index (χ3v) is 4.87. The Bertz CT molecular complexity index is 869. The second kappa shape index (κ2) is 7.10. The molecule has 4 heterocycles. The molecule has 2 fully saturated rings. The molecule has 9 nitrogen and oxygen atoms in total. The Morgan fingerprint density at radius 3 is 2.81 bits per heavy atom. The van der Waals surface area contributed by atoms with Gasteiger partial charge >= 0.3 is 6.01 Å². The number of furan rings is 1. The topological polar surface area (TPSA) is 96.5 Å². The van der Waals surface area contributed by atoms with Crippen LogP contribution in [-0.2, 0) is 16.0 Å². The molecule has 0 radical (unpaired) electrons. The first-order chi connectivity index (χ1) is 13.4. The molecule has 27 heavy (non-hydrogen) atoms. The van der Waals surface area contributed by atoms with E-state index in [0.717, 1.165) is 5.76 Å². The first-order valence-electron chi connectivity index (χ1n) is 8.88. The summed E-state index contributed by atoms with van der Waals surface area (Å²) in [5, 5.41) is 15.3. The highest BCUT2D eigenvalue weighted by atomic mass is 16.6. The van der Waals surface area contributed by atoms with Crippen LogP contribution < -0.4 is 10.1 Å². The first-order valence-corrected chi connectivity index (χ1v) is 8.88. The minimum atomic E-state index is -0.140. The molecule has 9 heteroatoms. The van der Waals surface area contributed by atoms with E-state index in [-0.39, 0.29) is 24.3 Å². The molecule has 2 saturated heterocycles. The molecule has 0 spiro atoms. The smallest absolute Gasteiger partial charge is 0.341 e. The zero-order chi connectivity index (χ0) is 18.1. The highest BCUT2D eigenvalue weighted by Crippen LogP contribution is 2.36. The molecule has 2 aliphatic rings. The predicted molar refractivity (Wildman–Crippen MR) is 92.2 cm³/mol. The summed E-state index contributed by atoms with van der Waals surface area (Å²) in [6, 6.07) is 13.5. The van der Waals surface area contributed by atoms with Crippen LogP contribution >= 0.6 is 0 Å². The summed E-state index contributed by atoms with van der Waals surface area (Å²) < 4.78 is 24.9. The molecule has 2 aliphatic heterocycles. The fourth-order valence-corrected chi connectivity index (χ4v) is 3.56. The molecule has 140 valence electrons. The van der Waals surface area contributed by atoms with Gasteiger partial charge in [0.15, 0.2) is 0 Å². The van der Waals surface area contributed by atoms with Crippen LogP contribution in [0.4, 0.5) is 0 Å². The van der Waals surface area contributed by atoms with Crippen LogP contribution in [0, 0.1) is 0 Å². The van der Waals surface area contributed by atoms with Crippen molar-refractivity contribution in [1.29, 1.82) is 0 Å². The van der Waals surface area contributed by atoms with Gasteiger partial charge in [0.05, 0.1) is 32.1 Å². The number of hydrogen-bond acceptors (Lipinski definition) is 8. The lowest BCUT2D eigenvalue weighted by Crippen LogP contribution is -2.40. The van der Waals surface area contributed by atoms with Crippen LogP contribution in [0.5, 0.6) is 11.8 Å². The van der Waals surface area contributed by atoms with Crippen molar-refractivity contribution in [3.63, 3.8) is 0 Å². The third kappa shape index (κ3) is 3.20. The molecule has 4 atom stereocenters. The largest absolute Gasteiger partial charge is 0.468 e. The maximum Gasteiger partial charge on any atom is 0.341 e. The lowest BCUT2D eigenvalue weighted by atomic mass is 10.1. The van der Waals surface area contributed by atoms with Crippen molar-refractivity contribution in [3.05, 3.63) is 54.5 Å². The van der Waals surface area contributed by atoms with Gasteiger partial charge in [-0.05, 0) is 34.7 Å². The molecule has 1 N–H and O–H groups in total. The Labute approximate surface area is 155 Å². The van der Waals surface area contributed by atoms with Crippen LogP contribution in [-0.4, -0.2) is 51.7 Å². The van der Waals surface area contributed by atoms with Crippen molar-refractivity contribution in [1.82, 2.24) is 25.5 Å². The second-order valence-electron chi connectivity index (χ2n) is 6.55. The minimum Gasteiger partial charge on any atom is -0.468 e. The Morgan fingerprint density at radius 1 is 1.07 bits per heavy atom. The molecule has 5 rings (SSSR count). The van der Waals surface area contributed by atoms with E-state index in [9.17, 15) is 0 Å². The van der Waals surface area contributed by atoms with Crippen molar-refractivity contribution in [3.8, 4) is 11.8 Å². The Hall–Kier alpha value is -2.75. The van der Waals surface area contributed by atoms with Crippen molar-refractivity contribution in [2.24, 2.45) is 0 Å². The number of nitrogens with zero attached hydrogens (tertiary/aromatic N) is 4. The van der Waals surface area contributed by atoms with Crippen LogP contribution in [0.25, 0.3) is 0 Å². The van der Waals surface area contributed by atoms with Gasteiger partial charge in [-0.25, -0.2) is 0 Å². The number of para-hydroxylation sites is 1. The summed E-state index contributed by atoms with van der Waals surface area (Å²) >= 11 is 0. The summed E-state index contributed by atoms with van der Waals surface area (Å²) in [6.45, 7) is 1.65. The number of fused-ring (bicyclic) bond motifs is 1. The van der Waals surface area contributed by atoms with Gasteiger partial charge in [0.25, 0.3) is 0 Å². The van der Waals surface area contributed by atoms with E-state index in [1.807, 2.05) is 42.5 Å². The van der Waals surface area contributed by atoms with Gasteiger partial charge in [0.2, 0.25) is 0 Å². The van der Waals surface area contributed by atoms with Crippen molar-refractivity contribution < 1.29 is 18.6 Å². The summed E-state index contributed by atoms with van der Waals surface area (Å²) in [5.74, 6) is 1.56. The zero-order valence-corrected chi connectivity index (χ0v) is 14.5. The van der Waals surface area contributed by atoms with E-state index < -0.39 is 0 Å². The quantitative estimate of drug-likeness (QED) is 0.699. The van der Waals surface area contributed by atoms with E-state index >= 15 is 0 Å². The van der Waals surface area contributed by atoms with Gasteiger partial charge < -0.3 is 23.9 Å². The van der Waals surface area contributed by atoms with Crippen LogP contribution in [0.3, 0.4) is 0 Å². The van der Waals surface area contributed by atoms with Gasteiger partial charge in [-0.1, -0.05) is 23.3 Å². The number of rotatable bonds is 6. The maximum absolute atomic E-state index is 6.01. The fourth-order valence-electron chi connectivity index (χ4n) is 3.56. The monoisotopic (exact) mass is 369 g/mol. The Balaban J connectivity index is 1.27. The van der Waals surface area contributed by atoms with E-state index in [1.165, 1.54) is 0 Å². The van der Waals surface area contributed by atoms with Gasteiger partial charge in [0, 0.05) is 0 Å². The standard InChI is InChI=1S/C18H19N5O4/c1-2-5-12(6-3-1)27-18-20-21-22-23(18)15-11-26-16-14(10-25-17(15)16)19-9-13-7-4-8-24-13/h1-8,14-17,19H,9-11H2/t14-,15+,16-,17+/m0/s1. The molecule has 0 amide bonds. The van der Waals surface area contributed by atoms with Crippen LogP contribution in [0.2, 0.25) is 0 Å². The number of hydrogen-bond donors (Lipinski definition) is 1. The number of aromatic nitrogens is 4. The number of tetrazole rings is 1. The number of ether oxygens (including phenoxy) is 3. The molecule has 0 bridgehead atoms. The fraction of sp³-hybridized carbons (Fsp3) is 0.389. The molecular formula is C18H19N5O4. The summed E-state index contributed by atoms with van der Waals surface area (Å²) in [4.78, 5) is 0. The molecule has 0 aliphatic carbocycles. The lowest BCUT2D eigenvalue weighted by Gasteiger charge is -2.17. The summed E-state index contributed by atoms with van der Waals surface area (Å²) in [5.41, 5.74) is 0. The van der Waals surface area contributed by atoms with Gasteiger partial charge in [-0.2, -0.15) is 4.68 Å². The molecular weight excluding hydrogens is 350 g/mol. The van der Waals surface area contributed by atoms with Crippen molar-refractivity contribution >= 4 is 0 Å². The van der Waals surface area contributed by atoms with E-state index in [1.54, 1.807) is 10.9 Å². The molecule has 3 aromatic rings. The predicted octanol–water partition coefficient (Wildman–Crippen LogP) is 1.56. The molecule has 1 aromatic carbocycles. The minimum absolute atomic E-state index is 0.0706. The van der Waals surface area contributed by atoms with E-state index in [4.69, 9.17) is 18.6 Å². The van der Waals surface area contributed by atoms with Crippen LogP contribution in [0.1, 0.15) is 11.8 Å². The van der Waals surface area contributed by atoms with Gasteiger partial charge in [0.1, 0.15) is 29.8 Å². The first kappa shape index (κ1) is 16.4. The van der Waals surface area contributed by atoms with Crippen molar-refractivity contribution in [2.45, 2.75) is 30.8 Å². The average Bonchev–Trinajstić information content (AvgIpc) is 3.47. The SMILES string of the molecule is c1ccc(Oc2nnnn2[C@@H]2CO[C@@H]3[C@@H]2OC[C@@H]3NCc2ccco2)cc1. The Kier molecular flexibility index (Phi) is 4.32. The number of nitrogens with one attached hydrogen (secondary N) is 1. The lowest BCUT2D eigenvalue weighted by molar-refractivity contribution is 0.0611. The van der Waals surface area contributed by atoms with E-state index in [0.29, 0.717) is 31.5 Å². The molecule has 0 saturated carbocycles. The zero-order valence-electron chi connectivity index (χ0n) is 14.5. The number of benzene rings is 1. The normalized spacial score (nSPS) is 27.0. The highest BCUT2D eigenvalue weighted by molar-refractivity contribution is 5.24. The van der Waals surface area contributed by atoms with Gasteiger partial charge in [-0.15, -0.1) is 0 Å². The molecule has 0 unspecified atom stereocenters. The van der Waals surface area contributed by atoms with Crippen molar-refractivity contribution in [2.75, 3.05) is 13.2 Å². The summed E-state index contributed by atoms with van der Waals surface area (Å²) in [7, 11) is 0. The molecule has 2 aromatic heterocycles. The highest BCUT2D eigenvalue weighted by Gasteiger charge is 2.49. The average molecular weight is 369 g/mol.